The topological polar surface area (TPSA) is 49.4 Å². The van der Waals surface area contributed by atoms with Crippen molar-refractivity contribution >= 4 is 17.1 Å². The zero-order valence-corrected chi connectivity index (χ0v) is 20.4. The van der Waals surface area contributed by atoms with E-state index in [4.69, 9.17) is 23.9 Å². The fourth-order valence-electron chi connectivity index (χ4n) is 4.95. The van der Waals surface area contributed by atoms with Crippen LogP contribution >= 0.6 is 0 Å². The Morgan fingerprint density at radius 3 is 2.04 bits per heavy atom. The molecule has 0 amide bonds. The van der Waals surface area contributed by atoms with Gasteiger partial charge in [0.05, 0.1) is 21.1 Å². The minimum absolute atomic E-state index is 0.249. The highest BCUT2D eigenvalue weighted by Gasteiger charge is 2.66. The Morgan fingerprint density at radius 2 is 1.52 bits per heavy atom. The van der Waals surface area contributed by atoms with Crippen molar-refractivity contribution in [3.8, 4) is 0 Å². The maximum Gasteiger partial charge on any atom is 0.335 e. The summed E-state index contributed by atoms with van der Waals surface area (Å²) >= 11 is 0. The van der Waals surface area contributed by atoms with Crippen molar-refractivity contribution in [2.24, 2.45) is 0 Å². The minimum Gasteiger partial charge on any atom is -0.414 e. The van der Waals surface area contributed by atoms with Crippen molar-refractivity contribution < 1.29 is 23.9 Å². The molecule has 0 spiro atoms. The summed E-state index contributed by atoms with van der Waals surface area (Å²) in [6, 6.07) is 0. The summed E-state index contributed by atoms with van der Waals surface area (Å²) in [4.78, 5) is 5.97. The van der Waals surface area contributed by atoms with E-state index < -0.39 is 35.4 Å². The second-order valence-electron chi connectivity index (χ2n) is 9.67. The lowest BCUT2D eigenvalue weighted by molar-refractivity contribution is -0.255. The predicted octanol–water partition coefficient (Wildman–Crippen LogP) is 3.96. The zero-order valence-electron chi connectivity index (χ0n) is 19.4. The molecule has 6 nitrogen and oxygen atoms in total. The molecule has 2 bridgehead atoms. The second-order valence-corrected chi connectivity index (χ2v) is 18.5. The number of hydrogen-bond donors (Lipinski definition) is 0. The van der Waals surface area contributed by atoms with E-state index in [2.05, 4.69) is 55.4 Å². The molecule has 0 N–H and O–H groups in total. The Kier molecular flexibility index (Phi) is 5.66. The van der Waals surface area contributed by atoms with E-state index in [1.165, 1.54) is 0 Å². The average Bonchev–Trinajstić information content (AvgIpc) is 2.70. The molecule has 158 valence electrons. The lowest BCUT2D eigenvalue weighted by atomic mass is 9.95. The number of hydroxylamine groups is 2. The molecule has 3 rings (SSSR count). The van der Waals surface area contributed by atoms with E-state index in [-0.39, 0.29) is 28.3 Å². The van der Waals surface area contributed by atoms with Crippen LogP contribution in [-0.4, -0.2) is 66.8 Å². The highest BCUT2D eigenvalue weighted by Crippen LogP contribution is 2.50. The monoisotopic (exact) mass is 419 g/mol. The molecule has 2 unspecified atom stereocenters. The van der Waals surface area contributed by atoms with Gasteiger partial charge in [0.15, 0.2) is 0 Å². The maximum atomic E-state index is 8.47. The van der Waals surface area contributed by atoms with Crippen molar-refractivity contribution in [3.05, 3.63) is 0 Å². The number of hydrogen-bond acceptors (Lipinski definition) is 6. The highest BCUT2D eigenvalue weighted by molar-refractivity contribution is 6.84. The molecule has 3 heterocycles. The SMILES string of the molecule is [3H]C1O[C@]23CO[Si](C(C)C)(C(C)C)O[Si](C(C)C)(C(C)C)OC2[C@@H]1ON(C)C3. The third-order valence-corrected chi connectivity index (χ3v) is 16.6. The Morgan fingerprint density at radius 1 is 0.963 bits per heavy atom. The molecule has 0 aromatic carbocycles. The summed E-state index contributed by atoms with van der Waals surface area (Å²) in [6.45, 7) is 17.8. The van der Waals surface area contributed by atoms with Gasteiger partial charge in [-0.25, -0.2) is 0 Å². The Balaban J connectivity index is 2.14. The normalized spacial score (nSPS) is 39.6. The summed E-state index contributed by atoms with van der Waals surface area (Å²) in [5.74, 6) is 0. The quantitative estimate of drug-likeness (QED) is 0.643. The van der Waals surface area contributed by atoms with Gasteiger partial charge in [-0.15, -0.1) is 0 Å². The summed E-state index contributed by atoms with van der Waals surface area (Å²) in [5.41, 5.74) is 0.389. The van der Waals surface area contributed by atoms with Gasteiger partial charge in [0.25, 0.3) is 0 Å². The molecule has 3 saturated heterocycles. The first-order chi connectivity index (χ1) is 12.9. The largest absolute Gasteiger partial charge is 0.414 e. The minimum atomic E-state index is -2.71. The Labute approximate surface area is 168 Å². The smallest absolute Gasteiger partial charge is 0.335 e. The third kappa shape index (κ3) is 3.40. The summed E-state index contributed by atoms with van der Waals surface area (Å²) in [5, 5.41) is 1.78. The molecule has 3 aliphatic rings. The molecule has 0 aliphatic carbocycles. The first kappa shape index (κ1) is 20.5. The second kappa shape index (κ2) is 7.46. The van der Waals surface area contributed by atoms with Crippen LogP contribution in [0.15, 0.2) is 0 Å². The van der Waals surface area contributed by atoms with Gasteiger partial charge in [-0.3, -0.25) is 4.84 Å². The van der Waals surface area contributed by atoms with Crippen LogP contribution in [-0.2, 0) is 22.5 Å². The van der Waals surface area contributed by atoms with Gasteiger partial charge in [0.2, 0.25) is 0 Å². The van der Waals surface area contributed by atoms with Crippen molar-refractivity contribution in [1.82, 2.24) is 5.06 Å². The van der Waals surface area contributed by atoms with E-state index in [1.54, 1.807) is 5.06 Å². The molecule has 3 aliphatic heterocycles. The van der Waals surface area contributed by atoms with E-state index in [9.17, 15) is 0 Å². The number of likely N-dealkylation sites (N-methyl/N-ethyl adjacent to an activating group) is 1. The van der Waals surface area contributed by atoms with Crippen LogP contribution in [0, 0.1) is 0 Å². The predicted molar refractivity (Wildman–Crippen MR) is 110 cm³/mol. The van der Waals surface area contributed by atoms with E-state index in [0.29, 0.717) is 13.2 Å². The summed E-state index contributed by atoms with van der Waals surface area (Å²) in [7, 11) is -3.43. The Bertz CT molecular complexity index is 559. The van der Waals surface area contributed by atoms with Gasteiger partial charge in [-0.2, -0.15) is 5.06 Å². The van der Waals surface area contributed by atoms with Crippen molar-refractivity contribution in [2.45, 2.75) is 95.4 Å². The molecule has 3 fully saturated rings. The number of nitrogens with zero attached hydrogens (tertiary/aromatic N) is 1. The van der Waals surface area contributed by atoms with Crippen LogP contribution in [0.25, 0.3) is 0 Å². The zero-order chi connectivity index (χ0) is 21.1. The molecule has 8 heteroatoms. The summed E-state index contributed by atoms with van der Waals surface area (Å²) in [6.07, 6.45) is -0.795. The van der Waals surface area contributed by atoms with Crippen molar-refractivity contribution in [1.29, 1.82) is 0 Å². The molecule has 4 atom stereocenters. The van der Waals surface area contributed by atoms with Crippen LogP contribution < -0.4 is 0 Å². The van der Waals surface area contributed by atoms with Gasteiger partial charge in [0.1, 0.15) is 17.8 Å². The van der Waals surface area contributed by atoms with Crippen LogP contribution in [0.5, 0.6) is 0 Å². The Hall–Kier alpha value is 0.194. The fourth-order valence-corrected chi connectivity index (χ4v) is 16.2. The van der Waals surface area contributed by atoms with Crippen molar-refractivity contribution in [3.63, 3.8) is 0 Å². The molecule has 0 aromatic rings. The molecule has 27 heavy (non-hydrogen) atoms. The van der Waals surface area contributed by atoms with E-state index >= 15 is 0 Å². The lowest BCUT2D eigenvalue weighted by Crippen LogP contribution is -2.71. The van der Waals surface area contributed by atoms with E-state index in [1.807, 2.05) is 7.05 Å². The van der Waals surface area contributed by atoms with Gasteiger partial charge >= 0.3 is 17.1 Å². The molecular weight excluding hydrogens is 378 g/mol. The van der Waals surface area contributed by atoms with Crippen LogP contribution in [0.3, 0.4) is 0 Å². The average molecular weight is 420 g/mol. The molecule has 0 aromatic heterocycles. The first-order valence-electron chi connectivity index (χ1n) is 11.0. The van der Waals surface area contributed by atoms with Gasteiger partial charge in [-0.1, -0.05) is 55.4 Å². The first-order valence-corrected chi connectivity index (χ1v) is 14.3. The molecule has 0 radical (unpaired) electrons. The van der Waals surface area contributed by atoms with Crippen molar-refractivity contribution in [2.75, 3.05) is 26.8 Å². The van der Waals surface area contributed by atoms with Crippen LogP contribution in [0.2, 0.25) is 22.2 Å². The maximum absolute atomic E-state index is 8.47. The van der Waals surface area contributed by atoms with Gasteiger partial charge in [-0.05, 0) is 22.2 Å². The van der Waals surface area contributed by atoms with Crippen LogP contribution in [0.4, 0.5) is 0 Å². The van der Waals surface area contributed by atoms with Gasteiger partial charge in [0, 0.05) is 7.05 Å². The fraction of sp³-hybridized carbons (Fsp3) is 1.00. The lowest BCUT2D eigenvalue weighted by Gasteiger charge is -2.55. The standard InChI is InChI=1S/C19H39NO5Si2/c1-13(2)26(14(3)4)22-12-19-11-20(9)23-17(10-21-19)18(19)24-27(25-26,15(5)6)16(7)8/h13-18H,10-12H2,1-9H3/t17-,18?,19-/m1/s1/i10T/t10?,17-,18?,19-. The van der Waals surface area contributed by atoms with Crippen LogP contribution in [0.1, 0.15) is 56.8 Å². The number of ether oxygens (including phenoxy) is 1. The molecular formula is C19H39NO5Si2. The van der Waals surface area contributed by atoms with E-state index in [0.717, 1.165) is 0 Å². The third-order valence-electron chi connectivity index (χ3n) is 6.44. The summed E-state index contributed by atoms with van der Waals surface area (Å²) < 4.78 is 35.7. The van der Waals surface area contributed by atoms with Gasteiger partial charge < -0.3 is 17.7 Å². The highest BCUT2D eigenvalue weighted by atomic mass is 28.5. The molecule has 0 saturated carbocycles. The number of rotatable bonds is 4.